The molecule has 0 radical (unpaired) electrons. The number of benzene rings is 1. The first-order valence-corrected chi connectivity index (χ1v) is 9.65. The zero-order chi connectivity index (χ0) is 19.4. The third-order valence-corrected chi connectivity index (χ3v) is 5.36. The van der Waals surface area contributed by atoms with E-state index < -0.39 is 5.72 Å². The van der Waals surface area contributed by atoms with Crippen LogP contribution in [0.25, 0.3) is 5.76 Å². The van der Waals surface area contributed by atoms with Gasteiger partial charge >= 0.3 is 0 Å². The first-order valence-electron chi connectivity index (χ1n) is 9.65. The van der Waals surface area contributed by atoms with E-state index in [2.05, 4.69) is 28.2 Å². The molecule has 1 aromatic heterocycles. The molecule has 146 valence electrons. The fraction of sp³-hybridized carbons (Fsp3) is 0.364. The topological polar surface area (TPSA) is 63.7 Å². The minimum Gasteiger partial charge on any atom is -0.476 e. The third kappa shape index (κ3) is 3.66. The zero-order valence-electron chi connectivity index (χ0n) is 16.0. The van der Waals surface area contributed by atoms with Crippen molar-refractivity contribution in [2.75, 3.05) is 26.2 Å². The molecule has 2 aliphatic rings. The maximum atomic E-state index is 12.2. The van der Waals surface area contributed by atoms with Crippen LogP contribution in [-0.2, 0) is 9.53 Å². The van der Waals surface area contributed by atoms with E-state index in [9.17, 15) is 4.79 Å². The Kier molecular flexibility index (Phi) is 5.41. The summed E-state index contributed by atoms with van der Waals surface area (Å²) in [6.45, 7) is 4.73. The Labute approximate surface area is 165 Å². The van der Waals surface area contributed by atoms with E-state index in [-0.39, 0.29) is 6.04 Å². The molecule has 1 N–H and O–H groups in total. The van der Waals surface area contributed by atoms with Crippen LogP contribution in [0.5, 0.6) is 5.88 Å². The van der Waals surface area contributed by atoms with E-state index in [0.717, 1.165) is 36.3 Å². The Morgan fingerprint density at radius 3 is 2.96 bits per heavy atom. The fourth-order valence-electron chi connectivity index (χ4n) is 3.86. The van der Waals surface area contributed by atoms with Crippen molar-refractivity contribution in [3.05, 3.63) is 65.9 Å². The summed E-state index contributed by atoms with van der Waals surface area (Å²) in [5.74, 6) is 1.35. The number of aldehydes is 1. The van der Waals surface area contributed by atoms with Crippen LogP contribution in [0.2, 0.25) is 0 Å². The minimum absolute atomic E-state index is 0.00516. The molecule has 0 aliphatic carbocycles. The number of aromatic nitrogens is 1. The van der Waals surface area contributed by atoms with Gasteiger partial charge in [-0.25, -0.2) is 4.98 Å². The summed E-state index contributed by atoms with van der Waals surface area (Å²) < 4.78 is 12.2. The first kappa shape index (κ1) is 18.7. The lowest BCUT2D eigenvalue weighted by Gasteiger charge is -2.44. The van der Waals surface area contributed by atoms with Crippen LogP contribution in [-0.4, -0.2) is 54.2 Å². The van der Waals surface area contributed by atoms with Gasteiger partial charge < -0.3 is 14.8 Å². The van der Waals surface area contributed by atoms with Crippen LogP contribution >= 0.6 is 0 Å². The summed E-state index contributed by atoms with van der Waals surface area (Å²) in [6.07, 6.45) is 5.20. The predicted octanol–water partition coefficient (Wildman–Crippen LogP) is 2.40. The van der Waals surface area contributed by atoms with Gasteiger partial charge in [-0.05, 0) is 24.6 Å². The van der Waals surface area contributed by atoms with E-state index in [1.807, 2.05) is 42.5 Å². The molecule has 3 heterocycles. The Morgan fingerprint density at radius 2 is 2.18 bits per heavy atom. The SMILES string of the molecule is Cc1ccccc1C1=CCC(C=O)(N2CCNCC2COc2ccccn2)O1. The number of carbonyl (C=O) groups is 1. The number of carbonyl (C=O) groups excluding carboxylic acids is 1. The number of nitrogens with one attached hydrogen (secondary N) is 1. The Balaban J connectivity index is 1.51. The number of hydrogen-bond acceptors (Lipinski definition) is 6. The van der Waals surface area contributed by atoms with Crippen LogP contribution in [0.3, 0.4) is 0 Å². The number of piperazine rings is 1. The molecular weight excluding hydrogens is 354 g/mol. The Bertz CT molecular complexity index is 855. The second kappa shape index (κ2) is 8.12. The maximum absolute atomic E-state index is 12.2. The molecule has 6 nitrogen and oxygen atoms in total. The summed E-state index contributed by atoms with van der Waals surface area (Å²) in [7, 11) is 0. The predicted molar refractivity (Wildman–Crippen MR) is 107 cm³/mol. The smallest absolute Gasteiger partial charge is 0.223 e. The highest BCUT2D eigenvalue weighted by atomic mass is 16.5. The number of nitrogens with zero attached hydrogens (tertiary/aromatic N) is 2. The molecule has 6 heteroatoms. The molecule has 2 aliphatic heterocycles. The van der Waals surface area contributed by atoms with Gasteiger partial charge in [-0.2, -0.15) is 0 Å². The van der Waals surface area contributed by atoms with Crippen molar-refractivity contribution in [3.63, 3.8) is 0 Å². The third-order valence-electron chi connectivity index (χ3n) is 5.36. The van der Waals surface area contributed by atoms with Crippen molar-refractivity contribution >= 4 is 12.0 Å². The molecule has 1 fully saturated rings. The van der Waals surface area contributed by atoms with Crippen molar-refractivity contribution in [2.24, 2.45) is 0 Å². The van der Waals surface area contributed by atoms with E-state index in [4.69, 9.17) is 9.47 Å². The summed E-state index contributed by atoms with van der Waals surface area (Å²) >= 11 is 0. The molecule has 2 unspecified atom stereocenters. The first-order chi connectivity index (χ1) is 13.7. The second-order valence-electron chi connectivity index (χ2n) is 7.18. The molecule has 0 saturated carbocycles. The molecule has 0 amide bonds. The molecule has 2 atom stereocenters. The van der Waals surface area contributed by atoms with E-state index >= 15 is 0 Å². The lowest BCUT2D eigenvalue weighted by atomic mass is 10.0. The summed E-state index contributed by atoms with van der Waals surface area (Å²) in [4.78, 5) is 18.6. The van der Waals surface area contributed by atoms with Gasteiger partial charge in [-0.3, -0.25) is 9.69 Å². The number of aryl methyl sites for hydroxylation is 1. The molecular formula is C22H25N3O3. The van der Waals surface area contributed by atoms with Crippen LogP contribution in [0.15, 0.2) is 54.7 Å². The molecule has 0 spiro atoms. The van der Waals surface area contributed by atoms with Gasteiger partial charge in [0.2, 0.25) is 11.6 Å². The highest BCUT2D eigenvalue weighted by molar-refractivity contribution is 5.72. The standard InChI is InChI=1S/C22H25N3O3/c1-17-6-2-3-7-19(17)20-9-10-22(16-26,28-20)25-13-12-23-14-18(25)15-27-21-8-4-5-11-24-21/h2-9,11,16,18,23H,10,12-15H2,1H3. The van der Waals surface area contributed by atoms with Gasteiger partial charge in [0.05, 0.1) is 6.04 Å². The van der Waals surface area contributed by atoms with Crippen molar-refractivity contribution in [1.82, 2.24) is 15.2 Å². The minimum atomic E-state index is -0.988. The molecule has 4 rings (SSSR count). The van der Waals surface area contributed by atoms with Gasteiger partial charge in [0.1, 0.15) is 12.4 Å². The normalized spacial score (nSPS) is 25.0. The van der Waals surface area contributed by atoms with Crippen LogP contribution < -0.4 is 10.1 Å². The van der Waals surface area contributed by atoms with Crippen molar-refractivity contribution in [2.45, 2.75) is 25.1 Å². The van der Waals surface area contributed by atoms with Crippen LogP contribution in [0.1, 0.15) is 17.5 Å². The monoisotopic (exact) mass is 379 g/mol. The van der Waals surface area contributed by atoms with E-state index in [1.54, 1.807) is 6.20 Å². The lowest BCUT2D eigenvalue weighted by Crippen LogP contribution is -2.63. The maximum Gasteiger partial charge on any atom is 0.223 e. The highest BCUT2D eigenvalue weighted by Crippen LogP contribution is 2.37. The molecule has 1 saturated heterocycles. The van der Waals surface area contributed by atoms with Crippen molar-refractivity contribution in [1.29, 1.82) is 0 Å². The zero-order valence-corrected chi connectivity index (χ0v) is 16.0. The lowest BCUT2D eigenvalue weighted by molar-refractivity contribution is -0.152. The van der Waals surface area contributed by atoms with Crippen molar-refractivity contribution in [3.8, 4) is 5.88 Å². The summed E-state index contributed by atoms with van der Waals surface area (Å²) in [5.41, 5.74) is 1.17. The van der Waals surface area contributed by atoms with Crippen LogP contribution in [0.4, 0.5) is 0 Å². The van der Waals surface area contributed by atoms with Gasteiger partial charge in [0.25, 0.3) is 0 Å². The Hall–Kier alpha value is -2.70. The van der Waals surface area contributed by atoms with Gasteiger partial charge in [0.15, 0.2) is 6.29 Å². The number of hydrogen-bond donors (Lipinski definition) is 1. The fourth-order valence-corrected chi connectivity index (χ4v) is 3.86. The van der Waals surface area contributed by atoms with Crippen LogP contribution in [0, 0.1) is 6.92 Å². The van der Waals surface area contributed by atoms with E-state index in [0.29, 0.717) is 25.5 Å². The number of ether oxygens (including phenoxy) is 2. The average Bonchev–Trinajstić information content (AvgIpc) is 3.19. The molecule has 1 aromatic carbocycles. The summed E-state index contributed by atoms with van der Waals surface area (Å²) in [6, 6.07) is 13.7. The molecule has 28 heavy (non-hydrogen) atoms. The van der Waals surface area contributed by atoms with E-state index in [1.165, 1.54) is 0 Å². The van der Waals surface area contributed by atoms with Gasteiger partial charge in [0, 0.05) is 43.9 Å². The number of rotatable bonds is 6. The van der Waals surface area contributed by atoms with Gasteiger partial charge in [-0.1, -0.05) is 30.3 Å². The second-order valence-corrected chi connectivity index (χ2v) is 7.18. The Morgan fingerprint density at radius 1 is 1.32 bits per heavy atom. The quantitative estimate of drug-likeness (QED) is 0.778. The summed E-state index contributed by atoms with van der Waals surface area (Å²) in [5, 5.41) is 3.39. The molecule has 0 bridgehead atoms. The molecule has 2 aromatic rings. The van der Waals surface area contributed by atoms with Gasteiger partial charge in [-0.15, -0.1) is 0 Å². The largest absolute Gasteiger partial charge is 0.476 e. The van der Waals surface area contributed by atoms with Crippen molar-refractivity contribution < 1.29 is 14.3 Å². The average molecular weight is 379 g/mol. The number of pyridine rings is 1. The highest BCUT2D eigenvalue weighted by Gasteiger charge is 2.46.